The molecule has 0 saturated carbocycles. The van der Waals surface area contributed by atoms with Gasteiger partial charge in [-0.05, 0) is 30.7 Å². The van der Waals surface area contributed by atoms with Gasteiger partial charge >= 0.3 is 5.63 Å². The lowest BCUT2D eigenvalue weighted by molar-refractivity contribution is 0.359. The van der Waals surface area contributed by atoms with Crippen LogP contribution in [0.4, 0.5) is 0 Å². The van der Waals surface area contributed by atoms with Crippen LogP contribution in [-0.2, 0) is 0 Å². The van der Waals surface area contributed by atoms with Gasteiger partial charge in [-0.1, -0.05) is 6.08 Å². The molecule has 2 heterocycles. The van der Waals surface area contributed by atoms with E-state index in [9.17, 15) is 4.79 Å². The van der Waals surface area contributed by atoms with Crippen molar-refractivity contribution in [1.82, 2.24) is 0 Å². The van der Waals surface area contributed by atoms with Gasteiger partial charge in [0.2, 0.25) is 0 Å². The largest absolute Gasteiger partial charge is 0.489 e. The van der Waals surface area contributed by atoms with Gasteiger partial charge in [-0.2, -0.15) is 0 Å². The minimum Gasteiger partial charge on any atom is -0.489 e. The first-order chi connectivity index (χ1) is 7.75. The SMILES string of the molecule is Cc1cc(=O)oc2ccc3c(c12)C=CCO3. The molecule has 80 valence electrons. The third kappa shape index (κ3) is 1.25. The van der Waals surface area contributed by atoms with Crippen molar-refractivity contribution in [3.05, 3.63) is 45.8 Å². The Morgan fingerprint density at radius 1 is 1.31 bits per heavy atom. The zero-order valence-electron chi connectivity index (χ0n) is 8.82. The molecule has 2 aromatic rings. The van der Waals surface area contributed by atoms with E-state index >= 15 is 0 Å². The molecule has 0 unspecified atom stereocenters. The number of ether oxygens (including phenoxy) is 1. The van der Waals surface area contributed by atoms with E-state index < -0.39 is 0 Å². The summed E-state index contributed by atoms with van der Waals surface area (Å²) in [7, 11) is 0. The van der Waals surface area contributed by atoms with Crippen LogP contribution < -0.4 is 10.4 Å². The summed E-state index contributed by atoms with van der Waals surface area (Å²) in [6.45, 7) is 2.50. The maximum absolute atomic E-state index is 11.3. The third-order valence-electron chi connectivity index (χ3n) is 2.73. The lowest BCUT2D eigenvalue weighted by atomic mass is 10.0. The second-order valence-electron chi connectivity index (χ2n) is 3.81. The number of hydrogen-bond donors (Lipinski definition) is 0. The van der Waals surface area contributed by atoms with Crippen molar-refractivity contribution in [1.29, 1.82) is 0 Å². The highest BCUT2D eigenvalue weighted by atomic mass is 16.5. The smallest absolute Gasteiger partial charge is 0.336 e. The minimum absolute atomic E-state index is 0.314. The Morgan fingerprint density at radius 3 is 3.06 bits per heavy atom. The molecule has 0 amide bonds. The molecule has 3 nitrogen and oxygen atoms in total. The predicted octanol–water partition coefficient (Wildman–Crippen LogP) is 2.51. The lowest BCUT2D eigenvalue weighted by Crippen LogP contribution is -2.03. The first-order valence-electron chi connectivity index (χ1n) is 5.12. The molecule has 0 radical (unpaired) electrons. The average Bonchev–Trinajstić information content (AvgIpc) is 2.28. The Morgan fingerprint density at radius 2 is 2.19 bits per heavy atom. The fourth-order valence-electron chi connectivity index (χ4n) is 2.05. The zero-order valence-corrected chi connectivity index (χ0v) is 8.82. The normalized spacial score (nSPS) is 13.6. The summed E-state index contributed by atoms with van der Waals surface area (Å²) < 4.78 is 10.7. The number of hydrogen-bond acceptors (Lipinski definition) is 3. The summed E-state index contributed by atoms with van der Waals surface area (Å²) in [4.78, 5) is 11.3. The molecule has 0 bridgehead atoms. The quantitative estimate of drug-likeness (QED) is 0.632. The van der Waals surface area contributed by atoms with Crippen molar-refractivity contribution < 1.29 is 9.15 Å². The van der Waals surface area contributed by atoms with Crippen LogP contribution >= 0.6 is 0 Å². The molecule has 1 aromatic carbocycles. The Hall–Kier alpha value is -2.03. The fourth-order valence-corrected chi connectivity index (χ4v) is 2.05. The van der Waals surface area contributed by atoms with Gasteiger partial charge in [-0.15, -0.1) is 0 Å². The predicted molar refractivity (Wildman–Crippen MR) is 61.8 cm³/mol. The van der Waals surface area contributed by atoms with Crippen LogP contribution in [0.25, 0.3) is 17.0 Å². The van der Waals surface area contributed by atoms with Crippen molar-refractivity contribution in [2.75, 3.05) is 6.61 Å². The molecule has 0 atom stereocenters. The van der Waals surface area contributed by atoms with Gasteiger partial charge in [0.1, 0.15) is 17.9 Å². The molecule has 3 heteroatoms. The average molecular weight is 214 g/mol. The van der Waals surface area contributed by atoms with Gasteiger partial charge in [0.05, 0.1) is 0 Å². The molecule has 0 spiro atoms. The summed E-state index contributed by atoms with van der Waals surface area (Å²) in [6.07, 6.45) is 3.96. The van der Waals surface area contributed by atoms with E-state index in [1.165, 1.54) is 6.07 Å². The Labute approximate surface area is 92.0 Å². The monoisotopic (exact) mass is 214 g/mol. The highest BCUT2D eigenvalue weighted by molar-refractivity contribution is 5.92. The van der Waals surface area contributed by atoms with Crippen LogP contribution in [0, 0.1) is 6.92 Å². The standard InChI is InChI=1S/C13H10O3/c1-8-7-12(14)16-11-5-4-10-9(13(8)11)3-2-6-15-10/h2-5,7H,6H2,1H3. The Balaban J connectivity index is 2.49. The van der Waals surface area contributed by atoms with E-state index in [0.717, 1.165) is 22.3 Å². The first kappa shape index (κ1) is 9.21. The van der Waals surface area contributed by atoms with Crippen molar-refractivity contribution in [2.24, 2.45) is 0 Å². The summed E-state index contributed by atoms with van der Waals surface area (Å²) in [5, 5.41) is 0.952. The van der Waals surface area contributed by atoms with Gasteiger partial charge in [0.25, 0.3) is 0 Å². The Kier molecular flexibility index (Phi) is 1.86. The van der Waals surface area contributed by atoms with Gasteiger partial charge in [0, 0.05) is 17.0 Å². The van der Waals surface area contributed by atoms with Gasteiger partial charge in [-0.3, -0.25) is 0 Å². The molecule has 16 heavy (non-hydrogen) atoms. The van der Waals surface area contributed by atoms with Gasteiger partial charge in [-0.25, -0.2) is 4.79 Å². The Bertz CT molecular complexity index is 650. The maximum Gasteiger partial charge on any atom is 0.336 e. The zero-order chi connectivity index (χ0) is 11.1. The van der Waals surface area contributed by atoms with Crippen LogP contribution in [0.1, 0.15) is 11.1 Å². The van der Waals surface area contributed by atoms with Crippen molar-refractivity contribution >= 4 is 17.0 Å². The molecule has 0 saturated heterocycles. The van der Waals surface area contributed by atoms with E-state index in [2.05, 4.69) is 0 Å². The van der Waals surface area contributed by atoms with Crippen LogP contribution in [-0.4, -0.2) is 6.61 Å². The molecular weight excluding hydrogens is 204 g/mol. The number of benzene rings is 1. The van der Waals surface area contributed by atoms with Gasteiger partial charge in [0.15, 0.2) is 0 Å². The molecular formula is C13H10O3. The van der Waals surface area contributed by atoms with Crippen LogP contribution in [0.5, 0.6) is 5.75 Å². The highest BCUT2D eigenvalue weighted by Crippen LogP contribution is 2.32. The maximum atomic E-state index is 11.3. The lowest BCUT2D eigenvalue weighted by Gasteiger charge is -2.14. The van der Waals surface area contributed by atoms with Gasteiger partial charge < -0.3 is 9.15 Å². The van der Waals surface area contributed by atoms with Crippen molar-refractivity contribution in [2.45, 2.75) is 6.92 Å². The van der Waals surface area contributed by atoms with E-state index in [-0.39, 0.29) is 5.63 Å². The summed E-state index contributed by atoms with van der Waals surface area (Å²) >= 11 is 0. The number of rotatable bonds is 0. The molecule has 0 N–H and O–H groups in total. The molecule has 1 aromatic heterocycles. The first-order valence-corrected chi connectivity index (χ1v) is 5.12. The van der Waals surface area contributed by atoms with Crippen molar-refractivity contribution in [3.8, 4) is 5.75 Å². The van der Waals surface area contributed by atoms with Crippen LogP contribution in [0.2, 0.25) is 0 Å². The molecule has 0 aliphatic carbocycles. The second-order valence-corrected chi connectivity index (χ2v) is 3.81. The highest BCUT2D eigenvalue weighted by Gasteiger charge is 2.13. The second kappa shape index (κ2) is 3.23. The van der Waals surface area contributed by atoms with E-state index in [0.29, 0.717) is 12.2 Å². The fraction of sp³-hybridized carbons (Fsp3) is 0.154. The molecule has 0 fully saturated rings. The number of fused-ring (bicyclic) bond motifs is 3. The topological polar surface area (TPSA) is 39.4 Å². The summed E-state index contributed by atoms with van der Waals surface area (Å²) in [6, 6.07) is 5.12. The minimum atomic E-state index is -0.314. The molecule has 3 rings (SSSR count). The number of aryl methyl sites for hydroxylation is 1. The molecule has 1 aliphatic heterocycles. The summed E-state index contributed by atoms with van der Waals surface area (Å²) in [5.41, 5.74) is 2.20. The van der Waals surface area contributed by atoms with Crippen molar-refractivity contribution in [3.63, 3.8) is 0 Å². The molecule has 1 aliphatic rings. The van der Waals surface area contributed by atoms with Crippen LogP contribution in [0.3, 0.4) is 0 Å². The third-order valence-corrected chi connectivity index (χ3v) is 2.73. The summed E-state index contributed by atoms with van der Waals surface area (Å²) in [5.74, 6) is 0.840. The van der Waals surface area contributed by atoms with E-state index in [1.807, 2.05) is 25.1 Å². The van der Waals surface area contributed by atoms with E-state index in [4.69, 9.17) is 9.15 Å². The van der Waals surface area contributed by atoms with Crippen LogP contribution in [0.15, 0.2) is 33.5 Å². The van der Waals surface area contributed by atoms with E-state index in [1.54, 1.807) is 6.07 Å².